The molecule has 0 saturated carbocycles. The molecule has 0 fully saturated rings. The van der Waals surface area contributed by atoms with Crippen LogP contribution in [0.25, 0.3) is 11.1 Å². The summed E-state index contributed by atoms with van der Waals surface area (Å²) in [7, 11) is 0. The monoisotopic (exact) mass is 626 g/mol. The number of carbonyl (C=O) groups excluding carboxylic acids is 1. The highest BCUT2D eigenvalue weighted by atomic mass is 16.5. The van der Waals surface area contributed by atoms with Crippen molar-refractivity contribution in [2.24, 2.45) is 10.4 Å². The number of hydrogen-bond donors (Lipinski definition) is 0. The number of anilines is 1. The Labute approximate surface area is 282 Å². The van der Waals surface area contributed by atoms with Gasteiger partial charge >= 0.3 is 5.97 Å². The predicted molar refractivity (Wildman–Crippen MR) is 199 cm³/mol. The number of para-hydroxylation sites is 1. The highest BCUT2D eigenvalue weighted by Gasteiger charge is 2.29. The van der Waals surface area contributed by atoms with Crippen LogP contribution in [0.2, 0.25) is 0 Å². The number of aryl methyl sites for hydroxylation is 2. The van der Waals surface area contributed by atoms with Crippen LogP contribution in [0.1, 0.15) is 93.7 Å². The summed E-state index contributed by atoms with van der Waals surface area (Å²) >= 11 is 0. The van der Waals surface area contributed by atoms with Crippen LogP contribution in [-0.2, 0) is 16.0 Å². The molecule has 1 heterocycles. The first-order valence-corrected chi connectivity index (χ1v) is 17.4. The van der Waals surface area contributed by atoms with Crippen LogP contribution in [0.15, 0.2) is 102 Å². The van der Waals surface area contributed by atoms with Crippen molar-refractivity contribution in [1.29, 1.82) is 0 Å². The van der Waals surface area contributed by atoms with Gasteiger partial charge in [0.2, 0.25) is 0 Å². The SMILES string of the molecule is CCN(CC)c1ccc(C(=C2C(c3ccccc3)=Nc3c(CCCCCOC(=O)C(C)(C)CC)cccc32)c2ccc(C)cc2)cc1. The number of fused-ring (bicyclic) bond motifs is 1. The van der Waals surface area contributed by atoms with E-state index in [-0.39, 0.29) is 5.97 Å². The van der Waals surface area contributed by atoms with E-state index in [2.05, 4.69) is 123 Å². The summed E-state index contributed by atoms with van der Waals surface area (Å²) in [5.41, 5.74) is 12.4. The van der Waals surface area contributed by atoms with E-state index in [0.29, 0.717) is 6.61 Å². The van der Waals surface area contributed by atoms with E-state index >= 15 is 0 Å². The highest BCUT2D eigenvalue weighted by molar-refractivity contribution is 6.41. The third-order valence-electron chi connectivity index (χ3n) is 9.53. The molecule has 4 heteroatoms. The van der Waals surface area contributed by atoms with Crippen molar-refractivity contribution < 1.29 is 9.53 Å². The van der Waals surface area contributed by atoms with Crippen molar-refractivity contribution in [3.8, 4) is 0 Å². The quantitative estimate of drug-likeness (QED) is 0.103. The molecule has 1 aliphatic rings. The second-order valence-electron chi connectivity index (χ2n) is 13.2. The molecule has 5 rings (SSSR count). The molecule has 0 aliphatic carbocycles. The maximum Gasteiger partial charge on any atom is 0.311 e. The number of ether oxygens (including phenoxy) is 1. The number of carbonyl (C=O) groups is 1. The third kappa shape index (κ3) is 7.76. The Morgan fingerprint density at radius 1 is 0.766 bits per heavy atom. The molecule has 0 N–H and O–H groups in total. The van der Waals surface area contributed by atoms with Gasteiger partial charge in [0, 0.05) is 35.5 Å². The maximum absolute atomic E-state index is 12.4. The standard InChI is InChI=1S/C43H50N2O2/c1-7-43(5,6)42(46)47-30-15-11-14-17-34-20-16-21-37-39(41(44-40(34)37)35-18-12-10-13-19-35)38(32-24-22-31(4)23-25-32)33-26-28-36(29-27-33)45(8-2)9-3/h10,12-13,16,18-29H,7-9,11,14-15,17,30H2,1-6H3. The van der Waals surface area contributed by atoms with Crippen molar-refractivity contribution in [3.63, 3.8) is 0 Å². The van der Waals surface area contributed by atoms with Gasteiger partial charge in [-0.2, -0.15) is 0 Å². The molecule has 0 radical (unpaired) electrons. The minimum atomic E-state index is -0.422. The molecule has 0 spiro atoms. The molecule has 0 aromatic heterocycles. The molecule has 0 bridgehead atoms. The zero-order valence-electron chi connectivity index (χ0n) is 29.1. The lowest BCUT2D eigenvalue weighted by molar-refractivity contribution is -0.154. The van der Waals surface area contributed by atoms with E-state index in [4.69, 9.17) is 9.73 Å². The highest BCUT2D eigenvalue weighted by Crippen LogP contribution is 2.45. The van der Waals surface area contributed by atoms with Gasteiger partial charge in [-0.3, -0.25) is 4.79 Å². The van der Waals surface area contributed by atoms with Gasteiger partial charge in [0.15, 0.2) is 0 Å². The van der Waals surface area contributed by atoms with Crippen molar-refractivity contribution in [2.75, 3.05) is 24.6 Å². The second-order valence-corrected chi connectivity index (χ2v) is 13.2. The molecule has 0 amide bonds. The van der Waals surface area contributed by atoms with Crippen LogP contribution < -0.4 is 4.90 Å². The first-order valence-electron chi connectivity index (χ1n) is 17.4. The lowest BCUT2D eigenvalue weighted by Gasteiger charge is -2.22. The molecule has 0 saturated heterocycles. The van der Waals surface area contributed by atoms with E-state index in [0.717, 1.165) is 62.2 Å². The molecular weight excluding hydrogens is 576 g/mol. The largest absolute Gasteiger partial charge is 0.465 e. The van der Waals surface area contributed by atoms with Crippen LogP contribution in [-0.4, -0.2) is 31.4 Å². The number of aliphatic imine (C=N–C) groups is 1. The molecule has 4 nitrogen and oxygen atoms in total. The van der Waals surface area contributed by atoms with Crippen molar-refractivity contribution in [2.45, 2.75) is 73.6 Å². The average Bonchev–Trinajstić information content (AvgIpc) is 3.48. The van der Waals surface area contributed by atoms with E-state index in [1.807, 2.05) is 20.8 Å². The summed E-state index contributed by atoms with van der Waals surface area (Å²) in [4.78, 5) is 20.2. The molecule has 244 valence electrons. The third-order valence-corrected chi connectivity index (χ3v) is 9.53. The Hall–Kier alpha value is -4.44. The second kappa shape index (κ2) is 15.4. The summed E-state index contributed by atoms with van der Waals surface area (Å²) in [5, 5.41) is 0. The smallest absolute Gasteiger partial charge is 0.311 e. The summed E-state index contributed by atoms with van der Waals surface area (Å²) in [5.74, 6) is -0.102. The predicted octanol–water partition coefficient (Wildman–Crippen LogP) is 10.6. The van der Waals surface area contributed by atoms with Crippen LogP contribution >= 0.6 is 0 Å². The Kier molecular flexibility index (Phi) is 11.1. The Morgan fingerprint density at radius 3 is 2.06 bits per heavy atom. The lowest BCUT2D eigenvalue weighted by atomic mass is 9.85. The molecular formula is C43H50N2O2. The summed E-state index contributed by atoms with van der Waals surface area (Å²) < 4.78 is 5.58. The fourth-order valence-electron chi connectivity index (χ4n) is 6.18. The van der Waals surface area contributed by atoms with E-state index < -0.39 is 5.41 Å². The molecule has 4 aromatic rings. The zero-order chi connectivity index (χ0) is 33.4. The number of nitrogens with zero attached hydrogens (tertiary/aromatic N) is 2. The zero-order valence-corrected chi connectivity index (χ0v) is 29.1. The number of unbranched alkanes of at least 4 members (excludes halogenated alkanes) is 2. The Balaban J connectivity index is 1.52. The van der Waals surface area contributed by atoms with Crippen molar-refractivity contribution in [3.05, 3.63) is 130 Å². The normalized spacial score (nSPS) is 13.6. The number of esters is 1. The first-order chi connectivity index (χ1) is 22.8. The Morgan fingerprint density at radius 2 is 1.43 bits per heavy atom. The van der Waals surface area contributed by atoms with Crippen molar-refractivity contribution in [1.82, 2.24) is 0 Å². The lowest BCUT2D eigenvalue weighted by Crippen LogP contribution is -2.26. The fraction of sp³-hybridized carbons (Fsp3) is 0.349. The summed E-state index contributed by atoms with van der Waals surface area (Å²) in [6.45, 7) is 14.9. The van der Waals surface area contributed by atoms with Gasteiger partial charge in [0.25, 0.3) is 0 Å². The first kappa shape index (κ1) is 33.9. The van der Waals surface area contributed by atoms with Gasteiger partial charge in [-0.15, -0.1) is 0 Å². The van der Waals surface area contributed by atoms with Crippen LogP contribution in [0.5, 0.6) is 0 Å². The number of hydrogen-bond acceptors (Lipinski definition) is 4. The van der Waals surface area contributed by atoms with Gasteiger partial charge in [0.1, 0.15) is 0 Å². The van der Waals surface area contributed by atoms with Gasteiger partial charge in [0.05, 0.1) is 23.4 Å². The molecule has 0 atom stereocenters. The van der Waals surface area contributed by atoms with E-state index in [9.17, 15) is 4.79 Å². The topological polar surface area (TPSA) is 41.9 Å². The average molecular weight is 627 g/mol. The molecule has 47 heavy (non-hydrogen) atoms. The fourth-order valence-corrected chi connectivity index (χ4v) is 6.18. The number of rotatable bonds is 14. The number of benzene rings is 4. The van der Waals surface area contributed by atoms with Crippen LogP contribution in [0.4, 0.5) is 11.4 Å². The molecule has 1 aliphatic heterocycles. The van der Waals surface area contributed by atoms with Crippen LogP contribution in [0, 0.1) is 12.3 Å². The minimum absolute atomic E-state index is 0.102. The molecule has 0 unspecified atom stereocenters. The molecule has 4 aromatic carbocycles. The number of allylic oxidation sites excluding steroid dienone is 1. The summed E-state index contributed by atoms with van der Waals surface area (Å²) in [6.07, 6.45) is 4.58. The van der Waals surface area contributed by atoms with E-state index in [1.54, 1.807) is 0 Å². The van der Waals surface area contributed by atoms with Crippen molar-refractivity contribution >= 4 is 34.2 Å². The Bertz CT molecular complexity index is 1710. The van der Waals surface area contributed by atoms with Gasteiger partial charge in [-0.25, -0.2) is 4.99 Å². The van der Waals surface area contributed by atoms with Gasteiger partial charge in [-0.05, 0) is 101 Å². The van der Waals surface area contributed by atoms with Crippen LogP contribution in [0.3, 0.4) is 0 Å². The minimum Gasteiger partial charge on any atom is -0.465 e. The summed E-state index contributed by atoms with van der Waals surface area (Å²) in [6, 6.07) is 35.2. The van der Waals surface area contributed by atoms with Gasteiger partial charge in [-0.1, -0.05) is 97.4 Å². The van der Waals surface area contributed by atoms with E-state index in [1.165, 1.54) is 44.7 Å². The maximum atomic E-state index is 12.4. The van der Waals surface area contributed by atoms with Gasteiger partial charge < -0.3 is 9.64 Å².